The summed E-state index contributed by atoms with van der Waals surface area (Å²) in [6.07, 6.45) is -0.670. The first-order valence-electron chi connectivity index (χ1n) is 6.81. The third kappa shape index (κ3) is 5.59. The highest BCUT2D eigenvalue weighted by Crippen LogP contribution is 2.17. The van der Waals surface area contributed by atoms with Crippen LogP contribution in [0.3, 0.4) is 0 Å². The van der Waals surface area contributed by atoms with Crippen LogP contribution in [0.25, 0.3) is 0 Å². The van der Waals surface area contributed by atoms with Gasteiger partial charge in [-0.05, 0) is 38.5 Å². The van der Waals surface area contributed by atoms with Gasteiger partial charge < -0.3 is 20.5 Å². The van der Waals surface area contributed by atoms with Crippen molar-refractivity contribution in [3.05, 3.63) is 29.6 Å². The number of nitrogens with one attached hydrogen (secondary N) is 2. The lowest BCUT2D eigenvalue weighted by Gasteiger charge is -2.23. The number of amides is 2. The molecule has 1 rings (SSSR count). The van der Waals surface area contributed by atoms with Gasteiger partial charge in [-0.3, -0.25) is 4.79 Å². The molecule has 0 aliphatic rings. The Kier molecular flexibility index (Phi) is 5.73. The Morgan fingerprint density at radius 3 is 2.50 bits per heavy atom. The van der Waals surface area contributed by atoms with Crippen LogP contribution in [0.15, 0.2) is 18.2 Å². The van der Waals surface area contributed by atoms with Crippen LogP contribution in [0, 0.1) is 5.82 Å². The molecule has 2 amide bonds. The summed E-state index contributed by atoms with van der Waals surface area (Å²) in [5.74, 6) is -1.69. The maximum absolute atomic E-state index is 13.3. The van der Waals surface area contributed by atoms with E-state index in [1.165, 1.54) is 19.2 Å². The predicted octanol–water partition coefficient (Wildman–Crippen LogP) is 1.71. The van der Waals surface area contributed by atoms with Crippen molar-refractivity contribution in [2.45, 2.75) is 38.8 Å². The molecule has 122 valence electrons. The molecule has 7 heteroatoms. The third-order valence-corrected chi connectivity index (χ3v) is 2.71. The van der Waals surface area contributed by atoms with Crippen molar-refractivity contribution in [1.82, 2.24) is 10.6 Å². The van der Waals surface area contributed by atoms with Crippen LogP contribution in [-0.4, -0.2) is 35.8 Å². The molecule has 0 saturated heterocycles. The minimum absolute atomic E-state index is 0.0656. The molecule has 0 heterocycles. The lowest BCUT2D eigenvalue weighted by Crippen LogP contribution is -2.48. The summed E-state index contributed by atoms with van der Waals surface area (Å²) in [6, 6.07) is 2.87. The second-order valence-corrected chi connectivity index (χ2v) is 5.80. The lowest BCUT2D eigenvalue weighted by atomic mass is 10.0. The maximum Gasteiger partial charge on any atom is 0.408 e. The van der Waals surface area contributed by atoms with E-state index in [1.54, 1.807) is 20.8 Å². The minimum atomic E-state index is -0.913. The molecule has 3 N–H and O–H groups in total. The largest absolute Gasteiger partial charge is 0.505 e. The summed E-state index contributed by atoms with van der Waals surface area (Å²) < 4.78 is 18.4. The smallest absolute Gasteiger partial charge is 0.408 e. The van der Waals surface area contributed by atoms with Gasteiger partial charge >= 0.3 is 6.09 Å². The molecule has 1 unspecified atom stereocenters. The van der Waals surface area contributed by atoms with E-state index in [0.29, 0.717) is 5.56 Å². The molecule has 0 fully saturated rings. The van der Waals surface area contributed by atoms with E-state index in [1.807, 2.05) is 0 Å². The van der Waals surface area contributed by atoms with Crippen LogP contribution >= 0.6 is 0 Å². The number of rotatable bonds is 4. The van der Waals surface area contributed by atoms with Gasteiger partial charge in [0.25, 0.3) is 0 Å². The lowest BCUT2D eigenvalue weighted by molar-refractivity contribution is -0.122. The Hall–Kier alpha value is -2.31. The standard InChI is InChI=1S/C15H21FN2O4/c1-15(2,3)22-14(21)18-11(13(20)17-4)8-9-5-6-12(19)10(16)7-9/h5-7,11,19H,8H2,1-4H3,(H,17,20)(H,18,21). The van der Waals surface area contributed by atoms with E-state index < -0.39 is 35.2 Å². The molecule has 0 aliphatic carbocycles. The molecule has 1 aromatic rings. The molecule has 0 saturated carbocycles. The summed E-state index contributed by atoms with van der Waals surface area (Å²) >= 11 is 0. The van der Waals surface area contributed by atoms with Crippen LogP contribution < -0.4 is 10.6 Å². The Morgan fingerprint density at radius 2 is 2.00 bits per heavy atom. The van der Waals surface area contributed by atoms with Crippen molar-refractivity contribution < 1.29 is 23.8 Å². The van der Waals surface area contributed by atoms with Crippen LogP contribution in [0.5, 0.6) is 5.75 Å². The Morgan fingerprint density at radius 1 is 1.36 bits per heavy atom. The molecule has 0 radical (unpaired) electrons. The zero-order chi connectivity index (χ0) is 16.9. The van der Waals surface area contributed by atoms with E-state index in [-0.39, 0.29) is 6.42 Å². The van der Waals surface area contributed by atoms with Gasteiger partial charge in [0, 0.05) is 13.5 Å². The maximum atomic E-state index is 13.3. The van der Waals surface area contributed by atoms with E-state index >= 15 is 0 Å². The van der Waals surface area contributed by atoms with Gasteiger partial charge in [0.1, 0.15) is 11.6 Å². The van der Waals surface area contributed by atoms with Gasteiger partial charge in [-0.1, -0.05) is 6.07 Å². The van der Waals surface area contributed by atoms with Crippen LogP contribution in [0.1, 0.15) is 26.3 Å². The first-order valence-corrected chi connectivity index (χ1v) is 6.81. The number of halogens is 1. The monoisotopic (exact) mass is 312 g/mol. The van der Waals surface area contributed by atoms with Crippen LogP contribution in [-0.2, 0) is 16.0 Å². The number of likely N-dealkylation sites (N-methyl/N-ethyl adjacent to an activating group) is 1. The molecule has 0 spiro atoms. The average molecular weight is 312 g/mol. The third-order valence-electron chi connectivity index (χ3n) is 2.71. The van der Waals surface area contributed by atoms with Gasteiger partial charge in [-0.15, -0.1) is 0 Å². The van der Waals surface area contributed by atoms with Gasteiger partial charge in [0.05, 0.1) is 0 Å². The number of hydrogen-bond donors (Lipinski definition) is 3. The fourth-order valence-electron chi connectivity index (χ4n) is 1.75. The highest BCUT2D eigenvalue weighted by atomic mass is 19.1. The van der Waals surface area contributed by atoms with Gasteiger partial charge in [0.15, 0.2) is 11.6 Å². The fourth-order valence-corrected chi connectivity index (χ4v) is 1.75. The number of phenols is 1. The number of hydrogen-bond acceptors (Lipinski definition) is 4. The van der Waals surface area contributed by atoms with E-state index in [0.717, 1.165) is 6.07 Å². The molecule has 1 atom stereocenters. The van der Waals surface area contributed by atoms with Gasteiger partial charge in [-0.25, -0.2) is 9.18 Å². The van der Waals surface area contributed by atoms with Gasteiger partial charge in [0.2, 0.25) is 5.91 Å². The van der Waals surface area contributed by atoms with Crippen LogP contribution in [0.4, 0.5) is 9.18 Å². The van der Waals surface area contributed by atoms with Gasteiger partial charge in [-0.2, -0.15) is 0 Å². The topological polar surface area (TPSA) is 87.7 Å². The Bertz CT molecular complexity index is 555. The summed E-state index contributed by atoms with van der Waals surface area (Å²) in [6.45, 7) is 5.12. The van der Waals surface area contributed by atoms with Crippen LogP contribution in [0.2, 0.25) is 0 Å². The zero-order valence-electron chi connectivity index (χ0n) is 13.1. The molecular formula is C15H21FN2O4. The fraction of sp³-hybridized carbons (Fsp3) is 0.467. The first-order chi connectivity index (χ1) is 10.1. The predicted molar refractivity (Wildman–Crippen MR) is 79.0 cm³/mol. The molecule has 6 nitrogen and oxygen atoms in total. The Balaban J connectivity index is 2.82. The van der Waals surface area contributed by atoms with Crippen molar-refractivity contribution in [3.8, 4) is 5.75 Å². The van der Waals surface area contributed by atoms with E-state index in [9.17, 15) is 14.0 Å². The minimum Gasteiger partial charge on any atom is -0.505 e. The van der Waals surface area contributed by atoms with E-state index in [2.05, 4.69) is 10.6 Å². The SMILES string of the molecule is CNC(=O)C(Cc1ccc(O)c(F)c1)NC(=O)OC(C)(C)C. The molecule has 0 aliphatic heterocycles. The van der Waals surface area contributed by atoms with Crippen molar-refractivity contribution in [1.29, 1.82) is 0 Å². The molecular weight excluding hydrogens is 291 g/mol. The molecule has 22 heavy (non-hydrogen) atoms. The normalized spacial score (nSPS) is 12.4. The highest BCUT2D eigenvalue weighted by molar-refractivity contribution is 5.85. The van der Waals surface area contributed by atoms with Crippen molar-refractivity contribution in [2.24, 2.45) is 0 Å². The number of aromatic hydroxyl groups is 1. The summed E-state index contributed by atoms with van der Waals surface area (Å²) in [7, 11) is 1.43. The summed E-state index contributed by atoms with van der Waals surface area (Å²) in [4.78, 5) is 23.6. The number of carbonyl (C=O) groups excluding carboxylic acids is 2. The number of ether oxygens (including phenoxy) is 1. The zero-order valence-corrected chi connectivity index (χ0v) is 13.1. The highest BCUT2D eigenvalue weighted by Gasteiger charge is 2.24. The summed E-state index contributed by atoms with van der Waals surface area (Å²) in [5.41, 5.74) is -0.234. The first kappa shape index (κ1) is 17.7. The molecule has 0 bridgehead atoms. The number of carbonyl (C=O) groups is 2. The Labute approximate surface area is 128 Å². The number of benzene rings is 1. The van der Waals surface area contributed by atoms with E-state index in [4.69, 9.17) is 9.84 Å². The van der Waals surface area contributed by atoms with Crippen molar-refractivity contribution in [3.63, 3.8) is 0 Å². The summed E-state index contributed by atoms with van der Waals surface area (Å²) in [5, 5.41) is 14.0. The quantitative estimate of drug-likeness (QED) is 0.790. The van der Waals surface area contributed by atoms with Crippen molar-refractivity contribution >= 4 is 12.0 Å². The molecule has 0 aromatic heterocycles. The second kappa shape index (κ2) is 7.11. The second-order valence-electron chi connectivity index (χ2n) is 5.80. The molecule has 1 aromatic carbocycles. The number of alkyl carbamates (subject to hydrolysis) is 1. The number of phenolic OH excluding ortho intramolecular Hbond substituents is 1. The average Bonchev–Trinajstić information content (AvgIpc) is 2.39. The van der Waals surface area contributed by atoms with Crippen molar-refractivity contribution in [2.75, 3.05) is 7.05 Å².